The highest BCUT2D eigenvalue weighted by Crippen LogP contribution is 2.23. The molecule has 0 aliphatic rings. The van der Waals surface area contributed by atoms with Gasteiger partial charge in [-0.25, -0.2) is 0 Å². The van der Waals surface area contributed by atoms with Crippen molar-refractivity contribution in [3.05, 3.63) is 28.8 Å². The standard InChI is InChI=1S/C11H14ClNO2S/c1-14-3-4-15-10-6-8(11(13)16-2)5-9(12)7-10/h5-7,13H,3-4H2,1-2H3. The molecule has 5 heteroatoms. The van der Waals surface area contributed by atoms with E-state index in [2.05, 4.69) is 0 Å². The lowest BCUT2D eigenvalue weighted by Crippen LogP contribution is -2.05. The van der Waals surface area contributed by atoms with Crippen molar-refractivity contribution in [2.24, 2.45) is 0 Å². The molecule has 1 rings (SSSR count). The lowest BCUT2D eigenvalue weighted by molar-refractivity contribution is 0.146. The number of ether oxygens (including phenoxy) is 2. The molecule has 1 aromatic carbocycles. The summed E-state index contributed by atoms with van der Waals surface area (Å²) < 4.78 is 10.3. The van der Waals surface area contributed by atoms with Crippen molar-refractivity contribution in [2.75, 3.05) is 26.6 Å². The second-order valence-electron chi connectivity index (χ2n) is 3.05. The van der Waals surface area contributed by atoms with Gasteiger partial charge in [-0.3, -0.25) is 5.41 Å². The van der Waals surface area contributed by atoms with Crippen LogP contribution in [0.2, 0.25) is 5.02 Å². The SMILES string of the molecule is COCCOc1cc(Cl)cc(C(=N)SC)c1. The molecular weight excluding hydrogens is 246 g/mol. The van der Waals surface area contributed by atoms with Crippen molar-refractivity contribution in [3.63, 3.8) is 0 Å². The van der Waals surface area contributed by atoms with E-state index in [1.165, 1.54) is 11.8 Å². The monoisotopic (exact) mass is 259 g/mol. The second-order valence-corrected chi connectivity index (χ2v) is 4.30. The number of halogens is 1. The summed E-state index contributed by atoms with van der Waals surface area (Å²) in [6.07, 6.45) is 1.86. The first-order chi connectivity index (χ1) is 7.67. The molecule has 0 saturated carbocycles. The van der Waals surface area contributed by atoms with Gasteiger partial charge in [0.15, 0.2) is 0 Å². The maximum absolute atomic E-state index is 7.71. The lowest BCUT2D eigenvalue weighted by atomic mass is 10.2. The molecule has 0 saturated heterocycles. The minimum Gasteiger partial charge on any atom is -0.491 e. The number of thioether (sulfide) groups is 1. The zero-order valence-corrected chi connectivity index (χ0v) is 10.8. The van der Waals surface area contributed by atoms with Crippen molar-refractivity contribution >= 4 is 28.4 Å². The molecule has 0 radical (unpaired) electrons. The topological polar surface area (TPSA) is 42.3 Å². The van der Waals surface area contributed by atoms with Gasteiger partial charge in [0.2, 0.25) is 0 Å². The Morgan fingerprint density at radius 1 is 1.38 bits per heavy atom. The third-order valence-electron chi connectivity index (χ3n) is 1.89. The molecule has 16 heavy (non-hydrogen) atoms. The molecule has 0 amide bonds. The molecule has 0 aromatic heterocycles. The highest BCUT2D eigenvalue weighted by Gasteiger charge is 2.04. The van der Waals surface area contributed by atoms with Crippen LogP contribution in [0.15, 0.2) is 18.2 Å². The van der Waals surface area contributed by atoms with E-state index >= 15 is 0 Å². The Bertz CT molecular complexity index is 371. The third-order valence-corrected chi connectivity index (χ3v) is 2.76. The van der Waals surface area contributed by atoms with E-state index in [9.17, 15) is 0 Å². The van der Waals surface area contributed by atoms with Crippen molar-refractivity contribution in [3.8, 4) is 5.75 Å². The number of rotatable bonds is 5. The van der Waals surface area contributed by atoms with Gasteiger partial charge in [-0.2, -0.15) is 0 Å². The third kappa shape index (κ3) is 4.04. The quantitative estimate of drug-likeness (QED) is 0.502. The highest BCUT2D eigenvalue weighted by atomic mass is 35.5. The molecule has 88 valence electrons. The molecular formula is C11H14ClNO2S. The molecule has 1 aromatic rings. The Kier molecular flexibility index (Phi) is 5.66. The summed E-state index contributed by atoms with van der Waals surface area (Å²) in [7, 11) is 1.62. The summed E-state index contributed by atoms with van der Waals surface area (Å²) in [5.41, 5.74) is 0.771. The highest BCUT2D eigenvalue weighted by molar-refractivity contribution is 8.13. The molecule has 1 N–H and O–H groups in total. The van der Waals surface area contributed by atoms with Crippen LogP contribution < -0.4 is 4.74 Å². The van der Waals surface area contributed by atoms with E-state index in [0.29, 0.717) is 29.0 Å². The van der Waals surface area contributed by atoms with Crippen molar-refractivity contribution in [2.45, 2.75) is 0 Å². The van der Waals surface area contributed by atoms with Gasteiger partial charge in [-0.05, 0) is 24.5 Å². The van der Waals surface area contributed by atoms with Crippen LogP contribution in [-0.2, 0) is 4.74 Å². The van der Waals surface area contributed by atoms with Gasteiger partial charge >= 0.3 is 0 Å². The predicted molar refractivity (Wildman–Crippen MR) is 69.2 cm³/mol. The minimum atomic E-state index is 0.471. The minimum absolute atomic E-state index is 0.471. The van der Waals surface area contributed by atoms with Crippen LogP contribution in [0.25, 0.3) is 0 Å². The van der Waals surface area contributed by atoms with Gasteiger partial charge in [0.1, 0.15) is 12.4 Å². The molecule has 0 heterocycles. The molecule has 0 bridgehead atoms. The van der Waals surface area contributed by atoms with E-state index in [0.717, 1.165) is 5.56 Å². The van der Waals surface area contributed by atoms with E-state index in [1.54, 1.807) is 25.3 Å². The van der Waals surface area contributed by atoms with Gasteiger partial charge in [-0.15, -0.1) is 11.8 Å². The van der Waals surface area contributed by atoms with Crippen LogP contribution in [-0.4, -0.2) is 31.6 Å². The Balaban J connectivity index is 2.77. The molecule has 3 nitrogen and oxygen atoms in total. The fraction of sp³-hybridized carbons (Fsp3) is 0.364. The molecule has 0 aliphatic heterocycles. The normalized spacial score (nSPS) is 10.2. The zero-order chi connectivity index (χ0) is 12.0. The fourth-order valence-corrected chi connectivity index (χ4v) is 1.72. The zero-order valence-electron chi connectivity index (χ0n) is 9.25. The van der Waals surface area contributed by atoms with Crippen LogP contribution >= 0.6 is 23.4 Å². The average molecular weight is 260 g/mol. The lowest BCUT2D eigenvalue weighted by Gasteiger charge is -2.08. The number of methoxy groups -OCH3 is 1. The summed E-state index contributed by atoms with van der Waals surface area (Å²) in [5.74, 6) is 0.665. The fourth-order valence-electron chi connectivity index (χ4n) is 1.14. The molecule has 0 unspecified atom stereocenters. The van der Waals surface area contributed by atoms with Crippen molar-refractivity contribution < 1.29 is 9.47 Å². The van der Waals surface area contributed by atoms with Gasteiger partial charge in [-0.1, -0.05) is 11.6 Å². The van der Waals surface area contributed by atoms with Crippen LogP contribution in [0.1, 0.15) is 5.56 Å². The summed E-state index contributed by atoms with van der Waals surface area (Å²) in [4.78, 5) is 0. The second kappa shape index (κ2) is 6.78. The van der Waals surface area contributed by atoms with Gasteiger partial charge < -0.3 is 9.47 Å². The smallest absolute Gasteiger partial charge is 0.121 e. The van der Waals surface area contributed by atoms with Crippen LogP contribution in [0.4, 0.5) is 0 Å². The summed E-state index contributed by atoms with van der Waals surface area (Å²) in [6, 6.07) is 5.29. The van der Waals surface area contributed by atoms with Crippen LogP contribution in [0.3, 0.4) is 0 Å². The number of hydrogen-bond donors (Lipinski definition) is 1. The number of hydrogen-bond acceptors (Lipinski definition) is 4. The maximum atomic E-state index is 7.71. The molecule has 0 atom stereocenters. The molecule has 0 aliphatic carbocycles. The molecule has 0 fully saturated rings. The van der Waals surface area contributed by atoms with Crippen LogP contribution in [0, 0.1) is 5.41 Å². The largest absolute Gasteiger partial charge is 0.491 e. The Morgan fingerprint density at radius 2 is 2.12 bits per heavy atom. The van der Waals surface area contributed by atoms with E-state index < -0.39 is 0 Å². The Labute approximate surface area is 105 Å². The summed E-state index contributed by atoms with van der Waals surface area (Å²) >= 11 is 7.31. The summed E-state index contributed by atoms with van der Waals surface area (Å²) in [6.45, 7) is 1.00. The van der Waals surface area contributed by atoms with E-state index in [-0.39, 0.29) is 0 Å². The first-order valence-electron chi connectivity index (χ1n) is 4.72. The Hall–Kier alpha value is -0.710. The van der Waals surface area contributed by atoms with Crippen molar-refractivity contribution in [1.29, 1.82) is 5.41 Å². The van der Waals surface area contributed by atoms with E-state index in [1.807, 2.05) is 6.26 Å². The number of benzene rings is 1. The van der Waals surface area contributed by atoms with Gasteiger partial charge in [0.05, 0.1) is 11.7 Å². The average Bonchev–Trinajstić information content (AvgIpc) is 2.27. The van der Waals surface area contributed by atoms with E-state index in [4.69, 9.17) is 26.5 Å². The van der Waals surface area contributed by atoms with Crippen molar-refractivity contribution in [1.82, 2.24) is 0 Å². The van der Waals surface area contributed by atoms with Crippen LogP contribution in [0.5, 0.6) is 5.75 Å². The first kappa shape index (κ1) is 13.4. The number of nitrogens with one attached hydrogen (secondary N) is 1. The first-order valence-corrected chi connectivity index (χ1v) is 6.33. The summed E-state index contributed by atoms with van der Waals surface area (Å²) in [5, 5.41) is 8.75. The van der Waals surface area contributed by atoms with Gasteiger partial charge in [0.25, 0.3) is 0 Å². The van der Waals surface area contributed by atoms with Gasteiger partial charge in [0, 0.05) is 17.7 Å². The molecule has 0 spiro atoms. The Morgan fingerprint density at radius 3 is 2.75 bits per heavy atom. The predicted octanol–water partition coefficient (Wildman–Crippen LogP) is 3.05. The maximum Gasteiger partial charge on any atom is 0.121 e.